The van der Waals surface area contributed by atoms with Crippen LogP contribution in [0.2, 0.25) is 0 Å². The number of nitrogens with one attached hydrogen (secondary N) is 2. The Hall–Kier alpha value is -3.53. The summed E-state index contributed by atoms with van der Waals surface area (Å²) in [5.41, 5.74) is 0.628. The van der Waals surface area contributed by atoms with Gasteiger partial charge in [-0.05, 0) is 56.7 Å². The van der Waals surface area contributed by atoms with Gasteiger partial charge in [-0.3, -0.25) is 15.4 Å². The van der Waals surface area contributed by atoms with Crippen LogP contribution in [0, 0.1) is 6.92 Å². The van der Waals surface area contributed by atoms with Crippen LogP contribution >= 0.6 is 0 Å². The zero-order valence-corrected chi connectivity index (χ0v) is 32.7. The first-order valence-corrected chi connectivity index (χ1v) is 19.3. The summed E-state index contributed by atoms with van der Waals surface area (Å²) in [4.78, 5) is 35.8. The number of alkyl halides is 9. The molecule has 1 aromatic rings. The summed E-state index contributed by atoms with van der Waals surface area (Å²) in [5, 5.41) is 6.57. The van der Waals surface area contributed by atoms with E-state index in [1.165, 1.54) is 25.1 Å². The number of hydrogen-bond acceptors (Lipinski definition) is 7. The van der Waals surface area contributed by atoms with Crippen molar-refractivity contribution in [3.05, 3.63) is 23.8 Å². The van der Waals surface area contributed by atoms with E-state index in [-0.39, 0.29) is 37.1 Å². The van der Waals surface area contributed by atoms with Crippen molar-refractivity contribution >= 4 is 39.6 Å². The molecule has 22 heteroatoms. The molecule has 1 aromatic carbocycles. The van der Waals surface area contributed by atoms with E-state index in [0.29, 0.717) is 24.8 Å². The smallest absolute Gasteiger partial charge is 0.460 e. The van der Waals surface area contributed by atoms with Crippen LogP contribution in [0.25, 0.3) is 0 Å². The zero-order chi connectivity index (χ0) is 42.1. The molecule has 0 aliphatic heterocycles. The standard InChI is InChI=1S/C34H50F9N3O8S.H3N/c1-4-5-6-13-16-26(17-14-11-9-7-8-10-12-15-18-28(47)48)54-30(50)44-25-20-19-24(2)27(23-25)45-29(49)53-22-21-46(3)55(51,52)34(42,43)32(37,38)31(35,36)33(39,40)41;/h19-20,23,26H,4-18,21-22H2,1-3H3,(H,44,50)(H,45,49)(H,47,48);1H3/p+1. The maximum Gasteiger partial charge on any atom is 0.460 e. The highest BCUT2D eigenvalue weighted by molar-refractivity contribution is 7.90. The topological polar surface area (TPSA) is 188 Å². The predicted octanol–water partition coefficient (Wildman–Crippen LogP) is 10.5. The Morgan fingerprint density at radius 1 is 0.786 bits per heavy atom. The SMILES string of the molecule is CCCCCCC(CCCCCCCCCCC(=O)O)OC(=O)Nc1ccc(C)c(NC(=O)OCCN(C)S(=O)(=O)C(F)(F)C(F)(F)C(F)(F)C(F)(F)F)c1.[NH4+]. The summed E-state index contributed by atoms with van der Waals surface area (Å²) >= 11 is 0. The van der Waals surface area contributed by atoms with Gasteiger partial charge in [0.2, 0.25) is 0 Å². The Kier molecular flexibility index (Phi) is 22.2. The quantitative estimate of drug-likeness (QED) is 0.0523. The van der Waals surface area contributed by atoms with E-state index < -0.39 is 68.9 Å². The number of benzene rings is 1. The molecule has 7 N–H and O–H groups in total. The number of hydrogen-bond donors (Lipinski definition) is 4. The summed E-state index contributed by atoms with van der Waals surface area (Å²) in [6, 6.07) is 4.28. The molecule has 12 nitrogen and oxygen atoms in total. The van der Waals surface area contributed by atoms with Crippen molar-refractivity contribution in [3.8, 4) is 0 Å². The number of carbonyl (C=O) groups excluding carboxylic acids is 2. The predicted molar refractivity (Wildman–Crippen MR) is 191 cm³/mol. The number of likely N-dealkylation sites (N-methyl/N-ethyl adjacent to an activating group) is 1. The molecule has 0 heterocycles. The second kappa shape index (κ2) is 23.6. The first-order valence-electron chi connectivity index (χ1n) is 17.8. The van der Waals surface area contributed by atoms with E-state index in [0.717, 1.165) is 70.6 Å². The number of halogens is 9. The molecule has 0 aromatic heterocycles. The van der Waals surface area contributed by atoms with E-state index in [2.05, 4.69) is 22.3 Å². The summed E-state index contributed by atoms with van der Waals surface area (Å²) in [6.45, 7) is 1.13. The van der Waals surface area contributed by atoms with Crippen LogP contribution in [0.1, 0.15) is 109 Å². The van der Waals surface area contributed by atoms with Gasteiger partial charge in [0, 0.05) is 31.4 Å². The number of carbonyl (C=O) groups is 3. The van der Waals surface area contributed by atoms with Crippen LogP contribution in [0.4, 0.5) is 60.5 Å². The lowest BCUT2D eigenvalue weighted by Crippen LogP contribution is -2.65. The number of sulfonamides is 1. The van der Waals surface area contributed by atoms with Crippen LogP contribution in [0.3, 0.4) is 0 Å². The van der Waals surface area contributed by atoms with Crippen LogP contribution in [0.15, 0.2) is 18.2 Å². The molecule has 0 radical (unpaired) electrons. The molecule has 326 valence electrons. The maximum absolute atomic E-state index is 14.1. The van der Waals surface area contributed by atoms with Gasteiger partial charge in [-0.1, -0.05) is 70.8 Å². The van der Waals surface area contributed by atoms with Gasteiger partial charge < -0.3 is 20.7 Å². The number of anilines is 2. The van der Waals surface area contributed by atoms with E-state index in [4.69, 9.17) is 9.84 Å². The van der Waals surface area contributed by atoms with E-state index in [9.17, 15) is 62.3 Å². The molecule has 56 heavy (non-hydrogen) atoms. The maximum atomic E-state index is 14.1. The van der Waals surface area contributed by atoms with Crippen LogP contribution in [-0.4, -0.2) is 85.6 Å². The van der Waals surface area contributed by atoms with Crippen LogP contribution in [-0.2, 0) is 24.3 Å². The fourth-order valence-corrected chi connectivity index (χ4v) is 6.31. The molecule has 0 bridgehead atoms. The van der Waals surface area contributed by atoms with Crippen molar-refractivity contribution in [2.24, 2.45) is 0 Å². The molecule has 0 saturated carbocycles. The van der Waals surface area contributed by atoms with Crippen molar-refractivity contribution < 1.29 is 76.9 Å². The highest BCUT2D eigenvalue weighted by Gasteiger charge is 2.85. The molecule has 0 spiro atoms. The molecule has 0 saturated heterocycles. The third kappa shape index (κ3) is 15.8. The lowest BCUT2D eigenvalue weighted by Gasteiger charge is -2.34. The molecule has 0 fully saturated rings. The minimum absolute atomic E-state index is 0. The normalized spacial score (nSPS) is 13.2. The molecular weight excluding hydrogens is 795 g/mol. The van der Waals surface area contributed by atoms with Gasteiger partial charge in [-0.2, -0.15) is 43.8 Å². The average Bonchev–Trinajstić information content (AvgIpc) is 3.07. The van der Waals surface area contributed by atoms with Gasteiger partial charge in [0.1, 0.15) is 12.7 Å². The zero-order valence-electron chi connectivity index (χ0n) is 31.9. The molecule has 1 rings (SSSR count). The Labute approximate surface area is 320 Å². The number of ether oxygens (including phenoxy) is 2. The lowest BCUT2D eigenvalue weighted by atomic mass is 10.0. The van der Waals surface area contributed by atoms with Gasteiger partial charge in [-0.25, -0.2) is 18.0 Å². The molecule has 0 aliphatic rings. The molecular formula is C34H54F9N4O8S+. The Morgan fingerprint density at radius 3 is 1.82 bits per heavy atom. The summed E-state index contributed by atoms with van der Waals surface area (Å²) < 4.78 is 153. The largest absolute Gasteiger partial charge is 0.481 e. The molecule has 1 unspecified atom stereocenters. The van der Waals surface area contributed by atoms with Crippen molar-refractivity contribution in [1.82, 2.24) is 10.5 Å². The monoisotopic (exact) mass is 849 g/mol. The second-order valence-electron chi connectivity index (χ2n) is 13.0. The number of nitrogens with zero attached hydrogens (tertiary/aromatic N) is 1. The van der Waals surface area contributed by atoms with Gasteiger partial charge >= 0.3 is 41.4 Å². The minimum atomic E-state index is -7.42. The number of aryl methyl sites for hydroxylation is 1. The van der Waals surface area contributed by atoms with Gasteiger partial charge in [0.05, 0.1) is 0 Å². The summed E-state index contributed by atoms with van der Waals surface area (Å²) in [7, 11) is -6.68. The van der Waals surface area contributed by atoms with Crippen molar-refractivity contribution in [2.45, 2.75) is 140 Å². The number of unbranched alkanes of at least 4 members (excludes halogenated alkanes) is 10. The Balaban J connectivity index is 0.0000302. The Bertz CT molecular complexity index is 1490. The number of carboxylic acids is 1. The third-order valence-electron chi connectivity index (χ3n) is 8.53. The fraction of sp³-hybridized carbons (Fsp3) is 0.735. The van der Waals surface area contributed by atoms with Crippen LogP contribution < -0.4 is 16.8 Å². The van der Waals surface area contributed by atoms with Crippen molar-refractivity contribution in [1.29, 1.82) is 0 Å². The fourth-order valence-electron chi connectivity index (χ4n) is 5.15. The number of rotatable bonds is 26. The average molecular weight is 850 g/mol. The minimum Gasteiger partial charge on any atom is -0.481 e. The van der Waals surface area contributed by atoms with Crippen molar-refractivity contribution in [3.63, 3.8) is 0 Å². The van der Waals surface area contributed by atoms with E-state index in [1.54, 1.807) is 0 Å². The lowest BCUT2D eigenvalue weighted by molar-refractivity contribution is -0.382. The molecule has 1 atom stereocenters. The van der Waals surface area contributed by atoms with Gasteiger partial charge in [-0.15, -0.1) is 0 Å². The number of quaternary nitrogens is 1. The first kappa shape index (κ1) is 52.5. The van der Waals surface area contributed by atoms with Gasteiger partial charge in [0.25, 0.3) is 10.0 Å². The highest BCUT2D eigenvalue weighted by atomic mass is 32.2. The number of aliphatic carboxylic acids is 1. The van der Waals surface area contributed by atoms with Crippen molar-refractivity contribution in [2.75, 3.05) is 30.8 Å². The Morgan fingerprint density at radius 2 is 1.30 bits per heavy atom. The van der Waals surface area contributed by atoms with Crippen LogP contribution in [0.5, 0.6) is 0 Å². The number of carboxylic acid groups (broad SMARTS) is 1. The van der Waals surface area contributed by atoms with E-state index >= 15 is 0 Å². The third-order valence-corrected chi connectivity index (χ3v) is 10.4. The molecule has 2 amide bonds. The summed E-state index contributed by atoms with van der Waals surface area (Å²) in [6.07, 6.45) is 2.97. The summed E-state index contributed by atoms with van der Waals surface area (Å²) in [5.74, 6) is -15.6. The second-order valence-corrected chi connectivity index (χ2v) is 15.1. The highest BCUT2D eigenvalue weighted by Crippen LogP contribution is 2.55. The van der Waals surface area contributed by atoms with Gasteiger partial charge in [0.15, 0.2) is 0 Å². The first-order chi connectivity index (χ1) is 25.4. The molecule has 0 aliphatic carbocycles. The number of amides is 2. The van der Waals surface area contributed by atoms with E-state index in [1.807, 2.05) is 0 Å².